The van der Waals surface area contributed by atoms with Gasteiger partial charge in [-0.3, -0.25) is 4.98 Å². The van der Waals surface area contributed by atoms with Gasteiger partial charge in [0.15, 0.2) is 5.82 Å². The van der Waals surface area contributed by atoms with Gasteiger partial charge in [-0.25, -0.2) is 9.97 Å². The van der Waals surface area contributed by atoms with Gasteiger partial charge in [-0.1, -0.05) is 170 Å². The molecule has 0 saturated heterocycles. The van der Waals surface area contributed by atoms with Crippen molar-refractivity contribution in [2.24, 2.45) is 5.92 Å². The molecule has 3 nitrogen and oxygen atoms in total. The molecule has 2 aromatic heterocycles. The molecule has 2 atom stereocenters. The summed E-state index contributed by atoms with van der Waals surface area (Å²) in [5.74, 6) is 1.38. The molecule has 10 rings (SSSR count). The third-order valence-corrected chi connectivity index (χ3v) is 10.8. The summed E-state index contributed by atoms with van der Waals surface area (Å²) in [5.41, 5.74) is 14.5. The first-order chi connectivity index (χ1) is 26.7. The van der Waals surface area contributed by atoms with Crippen LogP contribution in [0.3, 0.4) is 0 Å². The maximum atomic E-state index is 5.25. The Morgan fingerprint density at radius 2 is 1.09 bits per heavy atom. The van der Waals surface area contributed by atoms with E-state index in [0.717, 1.165) is 44.8 Å². The van der Waals surface area contributed by atoms with Crippen molar-refractivity contribution in [1.29, 1.82) is 0 Å². The first-order valence-electron chi connectivity index (χ1n) is 18.5. The lowest BCUT2D eigenvalue weighted by molar-refractivity contribution is 0.689. The summed E-state index contributed by atoms with van der Waals surface area (Å²) in [6.45, 7) is 0. The largest absolute Gasteiger partial charge is 0.264 e. The summed E-state index contributed by atoms with van der Waals surface area (Å²) in [7, 11) is 0. The highest BCUT2D eigenvalue weighted by Crippen LogP contribution is 2.44. The summed E-state index contributed by atoms with van der Waals surface area (Å²) in [6, 6.07) is 56.1. The number of pyridine rings is 1. The molecule has 0 N–H and O–H groups in total. The molecule has 2 heterocycles. The second kappa shape index (κ2) is 13.5. The first kappa shape index (κ1) is 31.7. The predicted octanol–water partition coefficient (Wildman–Crippen LogP) is 12.6. The normalized spacial score (nSPS) is 15.7. The van der Waals surface area contributed by atoms with Crippen molar-refractivity contribution in [2.75, 3.05) is 0 Å². The Hall–Kier alpha value is -6.97. The van der Waals surface area contributed by atoms with E-state index in [-0.39, 0.29) is 0 Å². The van der Waals surface area contributed by atoms with Crippen LogP contribution in [0.2, 0.25) is 0 Å². The minimum absolute atomic E-state index is 0.321. The third-order valence-electron chi connectivity index (χ3n) is 10.8. The number of aromatic nitrogens is 3. The molecule has 0 bridgehead atoms. The summed E-state index contributed by atoms with van der Waals surface area (Å²) in [4.78, 5) is 14.8. The maximum Gasteiger partial charge on any atom is 0.160 e. The second-order valence-corrected chi connectivity index (χ2v) is 14.0. The molecule has 0 aliphatic heterocycles. The van der Waals surface area contributed by atoms with Crippen LogP contribution in [-0.4, -0.2) is 15.0 Å². The van der Waals surface area contributed by atoms with E-state index in [4.69, 9.17) is 9.97 Å². The molecule has 2 aliphatic carbocycles. The van der Waals surface area contributed by atoms with Gasteiger partial charge in [-0.15, -0.1) is 0 Å². The zero-order chi connectivity index (χ0) is 35.8. The Kier molecular flexibility index (Phi) is 7.96. The van der Waals surface area contributed by atoms with Crippen molar-refractivity contribution < 1.29 is 0 Å². The molecule has 0 radical (unpaired) electrons. The molecule has 6 aromatic carbocycles. The molecule has 0 spiro atoms. The van der Waals surface area contributed by atoms with Gasteiger partial charge in [0.1, 0.15) is 0 Å². The van der Waals surface area contributed by atoms with Crippen LogP contribution in [-0.2, 0) is 0 Å². The van der Waals surface area contributed by atoms with E-state index in [1.807, 2.05) is 12.3 Å². The lowest BCUT2D eigenvalue weighted by Gasteiger charge is -2.31. The van der Waals surface area contributed by atoms with Crippen LogP contribution in [0.1, 0.15) is 22.6 Å². The van der Waals surface area contributed by atoms with E-state index < -0.39 is 0 Å². The van der Waals surface area contributed by atoms with Gasteiger partial charge in [0.05, 0.1) is 11.4 Å². The topological polar surface area (TPSA) is 38.7 Å². The molecular weight excluding hydrogens is 655 g/mol. The molecule has 0 amide bonds. The van der Waals surface area contributed by atoms with Crippen LogP contribution >= 0.6 is 0 Å². The van der Waals surface area contributed by atoms with Gasteiger partial charge in [-0.2, -0.15) is 0 Å². The molecule has 254 valence electrons. The minimum Gasteiger partial charge on any atom is -0.264 e. The lowest BCUT2D eigenvalue weighted by Crippen LogP contribution is -2.16. The summed E-state index contributed by atoms with van der Waals surface area (Å²) in [5, 5.41) is 2.48. The number of nitrogens with zero attached hydrogens (tertiary/aromatic N) is 3. The molecular formula is C51H35N3. The van der Waals surface area contributed by atoms with Crippen molar-refractivity contribution in [1.82, 2.24) is 15.0 Å². The highest BCUT2D eigenvalue weighted by atomic mass is 14.9. The predicted molar refractivity (Wildman–Crippen MR) is 223 cm³/mol. The Morgan fingerprint density at radius 3 is 1.91 bits per heavy atom. The Labute approximate surface area is 315 Å². The number of hydrogen-bond acceptors (Lipinski definition) is 3. The number of rotatable bonds is 6. The highest BCUT2D eigenvalue weighted by molar-refractivity contribution is 5.97. The minimum atomic E-state index is 0.321. The molecule has 2 aliphatic rings. The van der Waals surface area contributed by atoms with Crippen molar-refractivity contribution in [3.8, 4) is 56.2 Å². The average Bonchev–Trinajstić information content (AvgIpc) is 3.26. The Morgan fingerprint density at radius 1 is 0.444 bits per heavy atom. The van der Waals surface area contributed by atoms with Crippen LogP contribution in [0, 0.1) is 5.92 Å². The lowest BCUT2D eigenvalue weighted by atomic mass is 9.73. The Balaban J connectivity index is 1.07. The fraction of sp³-hybridized carbons (Fsp3) is 0.0392. The standard InChI is InChI=1S/C51H35N3/c1-3-16-43-35(10-1)12-8-20-44(43)36-23-27-38(28-24-36)50-32-49(37-25-21-34(22-26-37)42-15-9-29-52-33-42)53-51(54-50)41-14-7-13-39(30-41)48-31-40-11-2-4-17-45(40)46-18-5-6-19-47(46)48/h1-33,40,45H. The zero-order valence-electron chi connectivity index (χ0n) is 29.5. The number of benzene rings is 6. The van der Waals surface area contributed by atoms with Crippen LogP contribution in [0.25, 0.3) is 72.5 Å². The van der Waals surface area contributed by atoms with Gasteiger partial charge in [0, 0.05) is 40.9 Å². The molecule has 3 heteroatoms. The second-order valence-electron chi connectivity index (χ2n) is 14.0. The number of hydrogen-bond donors (Lipinski definition) is 0. The summed E-state index contributed by atoms with van der Waals surface area (Å²) >= 11 is 0. The van der Waals surface area contributed by atoms with Gasteiger partial charge in [0.2, 0.25) is 0 Å². The highest BCUT2D eigenvalue weighted by Gasteiger charge is 2.28. The van der Waals surface area contributed by atoms with Gasteiger partial charge in [-0.05, 0) is 73.5 Å². The van der Waals surface area contributed by atoms with E-state index in [2.05, 4.69) is 187 Å². The fourth-order valence-electron chi connectivity index (χ4n) is 8.02. The monoisotopic (exact) mass is 689 g/mol. The quantitative estimate of drug-likeness (QED) is 0.174. The van der Waals surface area contributed by atoms with E-state index in [1.54, 1.807) is 6.20 Å². The fourth-order valence-corrected chi connectivity index (χ4v) is 8.02. The van der Waals surface area contributed by atoms with Gasteiger partial charge in [0.25, 0.3) is 0 Å². The molecule has 54 heavy (non-hydrogen) atoms. The third kappa shape index (κ3) is 5.86. The van der Waals surface area contributed by atoms with Crippen LogP contribution < -0.4 is 0 Å². The number of allylic oxidation sites excluding steroid dienone is 5. The molecule has 0 saturated carbocycles. The van der Waals surface area contributed by atoms with Crippen LogP contribution in [0.5, 0.6) is 0 Å². The van der Waals surface area contributed by atoms with Crippen molar-refractivity contribution >= 4 is 16.3 Å². The van der Waals surface area contributed by atoms with Gasteiger partial charge >= 0.3 is 0 Å². The van der Waals surface area contributed by atoms with Crippen molar-refractivity contribution in [2.45, 2.75) is 5.92 Å². The van der Waals surface area contributed by atoms with E-state index in [0.29, 0.717) is 17.7 Å². The smallest absolute Gasteiger partial charge is 0.160 e. The van der Waals surface area contributed by atoms with Gasteiger partial charge < -0.3 is 0 Å². The van der Waals surface area contributed by atoms with Crippen LogP contribution in [0.15, 0.2) is 200 Å². The molecule has 0 fully saturated rings. The van der Waals surface area contributed by atoms with E-state index in [9.17, 15) is 0 Å². The zero-order valence-corrected chi connectivity index (χ0v) is 29.5. The number of fused-ring (bicyclic) bond motifs is 4. The van der Waals surface area contributed by atoms with Crippen LogP contribution in [0.4, 0.5) is 0 Å². The average molecular weight is 690 g/mol. The maximum absolute atomic E-state index is 5.25. The van der Waals surface area contributed by atoms with Crippen molar-refractivity contribution in [3.63, 3.8) is 0 Å². The van der Waals surface area contributed by atoms with E-state index >= 15 is 0 Å². The summed E-state index contributed by atoms with van der Waals surface area (Å²) < 4.78 is 0. The molecule has 8 aromatic rings. The van der Waals surface area contributed by atoms with E-state index in [1.165, 1.54) is 38.6 Å². The Bertz CT molecular complexity index is 2750. The molecule has 2 unspecified atom stereocenters. The van der Waals surface area contributed by atoms with Crippen molar-refractivity contribution in [3.05, 3.63) is 217 Å². The summed E-state index contributed by atoms with van der Waals surface area (Å²) in [6.07, 6.45) is 15.1. The first-order valence-corrected chi connectivity index (χ1v) is 18.5. The SMILES string of the molecule is C1=CC2C=C(c3cccc(-c4nc(-c5ccc(-c6cccnc6)cc5)cc(-c5ccc(-c6cccc7ccccc67)cc5)n4)c3)c3ccccc3C2C=C1.